The normalized spacial score (nSPS) is 30.3. The minimum atomic E-state index is -0.317. The topological polar surface area (TPSA) is 70.2 Å². The fourth-order valence-electron chi connectivity index (χ4n) is 5.72. The van der Waals surface area contributed by atoms with Gasteiger partial charge in [-0.3, -0.25) is 24.3 Å². The number of carbonyl (C=O) groups excluding carboxylic acids is 3. The van der Waals surface area contributed by atoms with E-state index in [4.69, 9.17) is 4.74 Å². The van der Waals surface area contributed by atoms with Crippen molar-refractivity contribution < 1.29 is 19.1 Å². The summed E-state index contributed by atoms with van der Waals surface area (Å²) in [5, 5.41) is 0. The van der Waals surface area contributed by atoms with Crippen LogP contribution in [-0.4, -0.2) is 78.9 Å². The second-order valence-corrected chi connectivity index (χ2v) is 9.13. The number of methoxy groups -OCH3 is 1. The lowest BCUT2D eigenvalue weighted by molar-refractivity contribution is -0.141. The van der Waals surface area contributed by atoms with Crippen LogP contribution in [-0.2, 0) is 20.9 Å². The minimum Gasteiger partial charge on any atom is -0.465 e. The predicted molar refractivity (Wildman–Crippen MR) is 114 cm³/mol. The fraction of sp³-hybridized carbons (Fsp3) is 0.542. The first-order valence-corrected chi connectivity index (χ1v) is 11.2. The highest BCUT2D eigenvalue weighted by atomic mass is 16.5. The molecule has 4 atom stereocenters. The van der Waals surface area contributed by atoms with Gasteiger partial charge in [0.25, 0.3) is 0 Å². The molecule has 7 nitrogen and oxygen atoms in total. The molecule has 0 N–H and O–H groups in total. The van der Waals surface area contributed by atoms with Crippen molar-refractivity contribution in [3.63, 3.8) is 0 Å². The fourth-order valence-corrected chi connectivity index (χ4v) is 5.72. The molecule has 0 aromatic heterocycles. The van der Waals surface area contributed by atoms with Crippen LogP contribution in [0.2, 0.25) is 0 Å². The molecule has 1 aromatic rings. The molecule has 3 fully saturated rings. The van der Waals surface area contributed by atoms with E-state index in [2.05, 4.69) is 22.0 Å². The summed E-state index contributed by atoms with van der Waals surface area (Å²) in [4.78, 5) is 43.5. The highest BCUT2D eigenvalue weighted by Crippen LogP contribution is 2.52. The lowest BCUT2D eigenvalue weighted by Gasteiger charge is -2.35. The molecule has 0 unspecified atom stereocenters. The number of piperazine rings is 1. The van der Waals surface area contributed by atoms with Gasteiger partial charge < -0.3 is 4.74 Å². The van der Waals surface area contributed by atoms with Gasteiger partial charge in [-0.1, -0.05) is 24.3 Å². The van der Waals surface area contributed by atoms with E-state index in [1.807, 2.05) is 12.1 Å². The maximum atomic E-state index is 12.8. The number of hydrogen-bond donors (Lipinski definition) is 0. The van der Waals surface area contributed by atoms with E-state index in [1.54, 1.807) is 12.1 Å². The molecule has 2 aliphatic carbocycles. The first-order valence-electron chi connectivity index (χ1n) is 11.2. The Bertz CT molecular complexity index is 874. The third-order valence-electron chi connectivity index (χ3n) is 7.45. The van der Waals surface area contributed by atoms with E-state index in [9.17, 15) is 14.4 Å². The number of likely N-dealkylation sites (tertiary alicyclic amines) is 1. The smallest absolute Gasteiger partial charge is 0.337 e. The van der Waals surface area contributed by atoms with Crippen molar-refractivity contribution in [1.82, 2.24) is 14.7 Å². The molecule has 2 amide bonds. The highest BCUT2D eigenvalue weighted by molar-refractivity contribution is 6.06. The third-order valence-corrected chi connectivity index (χ3v) is 7.45. The van der Waals surface area contributed by atoms with Crippen LogP contribution in [0.3, 0.4) is 0 Å². The van der Waals surface area contributed by atoms with Gasteiger partial charge in [0.15, 0.2) is 0 Å². The van der Waals surface area contributed by atoms with E-state index < -0.39 is 0 Å². The molecule has 2 aliphatic heterocycles. The van der Waals surface area contributed by atoms with Crippen LogP contribution in [0.4, 0.5) is 0 Å². The van der Waals surface area contributed by atoms with Gasteiger partial charge in [0.2, 0.25) is 11.8 Å². The molecular formula is C24H29N3O4. The molecule has 2 heterocycles. The second kappa shape index (κ2) is 8.20. The van der Waals surface area contributed by atoms with Crippen LogP contribution in [0.1, 0.15) is 22.3 Å². The summed E-state index contributed by atoms with van der Waals surface area (Å²) in [5.74, 6) is 0.169. The number of amides is 2. The zero-order chi connectivity index (χ0) is 21.5. The largest absolute Gasteiger partial charge is 0.465 e. The van der Waals surface area contributed by atoms with E-state index >= 15 is 0 Å². The Morgan fingerprint density at radius 2 is 1.48 bits per heavy atom. The van der Waals surface area contributed by atoms with Crippen LogP contribution in [0.25, 0.3) is 0 Å². The molecule has 0 radical (unpaired) electrons. The van der Waals surface area contributed by atoms with Gasteiger partial charge in [-0.05, 0) is 36.0 Å². The second-order valence-electron chi connectivity index (χ2n) is 9.13. The summed E-state index contributed by atoms with van der Waals surface area (Å²) in [5.41, 5.74) is 1.74. The van der Waals surface area contributed by atoms with Gasteiger partial charge in [0.1, 0.15) is 0 Å². The molecule has 164 valence electrons. The zero-order valence-corrected chi connectivity index (χ0v) is 17.9. The van der Waals surface area contributed by atoms with Crippen LogP contribution in [0.5, 0.6) is 0 Å². The summed E-state index contributed by atoms with van der Waals surface area (Å²) in [6, 6.07) is 7.56. The average Bonchev–Trinajstić information content (AvgIpc) is 3.48. The number of carbonyl (C=O) groups is 3. The van der Waals surface area contributed by atoms with Crippen molar-refractivity contribution in [3.8, 4) is 0 Å². The summed E-state index contributed by atoms with van der Waals surface area (Å²) >= 11 is 0. The van der Waals surface area contributed by atoms with Gasteiger partial charge in [-0.25, -0.2) is 4.79 Å². The van der Waals surface area contributed by atoms with Crippen molar-refractivity contribution in [2.75, 3.05) is 46.4 Å². The van der Waals surface area contributed by atoms with Crippen molar-refractivity contribution in [1.29, 1.82) is 0 Å². The number of hydrogen-bond acceptors (Lipinski definition) is 6. The van der Waals surface area contributed by atoms with Crippen molar-refractivity contribution in [2.45, 2.75) is 13.0 Å². The molecule has 2 saturated heterocycles. The van der Waals surface area contributed by atoms with Gasteiger partial charge in [0.05, 0.1) is 24.5 Å². The lowest BCUT2D eigenvalue weighted by atomic mass is 9.85. The Morgan fingerprint density at radius 3 is 2.06 bits per heavy atom. The number of ether oxygens (including phenoxy) is 1. The summed E-state index contributed by atoms with van der Waals surface area (Å²) in [6.45, 7) is 5.85. The van der Waals surface area contributed by atoms with Crippen LogP contribution >= 0.6 is 0 Å². The number of fused-ring (bicyclic) bond motifs is 5. The maximum Gasteiger partial charge on any atom is 0.337 e. The van der Waals surface area contributed by atoms with Gasteiger partial charge in [-0.15, -0.1) is 0 Å². The average molecular weight is 424 g/mol. The third kappa shape index (κ3) is 3.70. The lowest BCUT2D eigenvalue weighted by Crippen LogP contribution is -2.48. The van der Waals surface area contributed by atoms with Crippen LogP contribution in [0.15, 0.2) is 36.4 Å². The number of nitrogens with zero attached hydrogens (tertiary/aromatic N) is 3. The summed E-state index contributed by atoms with van der Waals surface area (Å²) in [6.07, 6.45) is 5.26. The zero-order valence-electron chi connectivity index (χ0n) is 17.9. The number of allylic oxidation sites excluding steroid dienone is 2. The van der Waals surface area contributed by atoms with E-state index in [1.165, 1.54) is 17.6 Å². The first-order chi connectivity index (χ1) is 15.0. The Kier molecular flexibility index (Phi) is 5.40. The highest BCUT2D eigenvalue weighted by Gasteiger charge is 2.59. The van der Waals surface area contributed by atoms with Crippen LogP contribution < -0.4 is 0 Å². The number of imide groups is 1. The van der Waals surface area contributed by atoms with E-state index in [-0.39, 0.29) is 41.5 Å². The standard InChI is InChI=1S/C24H29N3O4/c1-31-24(30)17-4-2-16(3-5-17)15-26-10-8-25(9-11-26)12-13-27-22(28)20-18-6-7-19(14-18)21(20)23(27)29/h2-7,18-21H,8-15H2,1H3/t18-,19+,20-,21+. The van der Waals surface area contributed by atoms with E-state index in [0.29, 0.717) is 12.1 Å². The number of esters is 1. The molecule has 0 spiro atoms. The summed E-state index contributed by atoms with van der Waals surface area (Å²) in [7, 11) is 1.39. The number of benzene rings is 1. The van der Waals surface area contributed by atoms with Gasteiger partial charge >= 0.3 is 5.97 Å². The van der Waals surface area contributed by atoms with Crippen molar-refractivity contribution in [3.05, 3.63) is 47.5 Å². The molecule has 2 bridgehead atoms. The molecule has 1 saturated carbocycles. The molecule has 1 aromatic carbocycles. The minimum absolute atomic E-state index is 0.0564. The molecule has 7 heteroatoms. The Balaban J connectivity index is 1.08. The molecule has 5 rings (SSSR count). The quantitative estimate of drug-likeness (QED) is 0.391. The Labute approximate surface area is 182 Å². The Morgan fingerprint density at radius 1 is 0.903 bits per heavy atom. The predicted octanol–water partition coefficient (Wildman–Crippen LogP) is 1.40. The first kappa shape index (κ1) is 20.4. The SMILES string of the molecule is COC(=O)c1ccc(CN2CCN(CCN3C(=O)[C@@H]4[C@H](C3=O)[C@@H]3C=C[C@H]4C3)CC2)cc1. The van der Waals surface area contributed by atoms with Gasteiger partial charge in [-0.2, -0.15) is 0 Å². The summed E-state index contributed by atoms with van der Waals surface area (Å²) < 4.78 is 4.74. The Hall–Kier alpha value is -2.51. The number of rotatable bonds is 6. The molecule has 31 heavy (non-hydrogen) atoms. The monoisotopic (exact) mass is 423 g/mol. The van der Waals surface area contributed by atoms with Crippen LogP contribution in [0, 0.1) is 23.7 Å². The maximum absolute atomic E-state index is 12.8. The van der Waals surface area contributed by atoms with Crippen molar-refractivity contribution >= 4 is 17.8 Å². The molecular weight excluding hydrogens is 394 g/mol. The van der Waals surface area contributed by atoms with Gasteiger partial charge in [0, 0.05) is 45.8 Å². The van der Waals surface area contributed by atoms with E-state index in [0.717, 1.165) is 45.7 Å². The molecule has 4 aliphatic rings. The van der Waals surface area contributed by atoms with Crippen molar-refractivity contribution in [2.24, 2.45) is 23.7 Å².